The Labute approximate surface area is 152 Å². The third-order valence-electron chi connectivity index (χ3n) is 4.10. The van der Waals surface area contributed by atoms with Gasteiger partial charge in [-0.1, -0.05) is 25.8 Å². The Morgan fingerprint density at radius 2 is 1.64 bits per heavy atom. The second kappa shape index (κ2) is 9.20. The molecule has 1 saturated carbocycles. The summed E-state index contributed by atoms with van der Waals surface area (Å²) in [6.07, 6.45) is 4.62. The molecule has 25 heavy (non-hydrogen) atoms. The zero-order chi connectivity index (χ0) is 19.1. The van der Waals surface area contributed by atoms with Gasteiger partial charge in [0.05, 0.1) is 13.2 Å². The first-order valence-corrected chi connectivity index (χ1v) is 10.7. The van der Waals surface area contributed by atoms with Gasteiger partial charge in [0.15, 0.2) is 0 Å². The Morgan fingerprint density at radius 1 is 1.12 bits per heavy atom. The van der Waals surface area contributed by atoms with Crippen molar-refractivity contribution in [2.24, 2.45) is 0 Å². The van der Waals surface area contributed by atoms with E-state index >= 15 is 0 Å². The lowest BCUT2D eigenvalue weighted by molar-refractivity contribution is 0.0424. The van der Waals surface area contributed by atoms with Crippen LogP contribution < -0.4 is 5.32 Å². The Kier molecular flexibility index (Phi) is 8.17. The van der Waals surface area contributed by atoms with E-state index in [1.165, 1.54) is 0 Å². The van der Waals surface area contributed by atoms with Crippen LogP contribution in [0.5, 0.6) is 0 Å². The molecule has 1 amide bonds. The molecule has 0 aromatic rings. The molecule has 1 aliphatic rings. The first kappa shape index (κ1) is 22.2. The lowest BCUT2D eigenvalue weighted by Gasteiger charge is -2.39. The maximum atomic E-state index is 13.0. The molecule has 0 aromatic heterocycles. The Bertz CT molecular complexity index is 496. The van der Waals surface area contributed by atoms with E-state index in [0.29, 0.717) is 11.7 Å². The fourth-order valence-electron chi connectivity index (χ4n) is 3.14. The predicted molar refractivity (Wildman–Crippen MR) is 99.8 cm³/mol. The van der Waals surface area contributed by atoms with Crippen molar-refractivity contribution in [2.45, 2.75) is 84.3 Å². The molecule has 0 radical (unpaired) electrons. The molecule has 0 unspecified atom stereocenters. The summed E-state index contributed by atoms with van der Waals surface area (Å²) in [5, 5.41) is 3.43. The predicted octanol–water partition coefficient (Wildman–Crippen LogP) is 5.38. The zero-order valence-electron chi connectivity index (χ0n) is 16.4. The van der Waals surface area contributed by atoms with Gasteiger partial charge in [-0.3, -0.25) is 4.57 Å². The standard InChI is InChI=1S/C18H34NO5P/c1-7-22-25(21,23-8-2)15(3)14-18(12-10-9-11-13-18)19-16(20)24-17(4,5)6/h3,7-14H2,1-2,4-6H3,(H,19,20). The van der Waals surface area contributed by atoms with Crippen LogP contribution in [0, 0.1) is 0 Å². The van der Waals surface area contributed by atoms with Gasteiger partial charge in [0, 0.05) is 17.3 Å². The van der Waals surface area contributed by atoms with Gasteiger partial charge < -0.3 is 19.1 Å². The molecule has 1 rings (SSSR count). The molecule has 0 saturated heterocycles. The highest BCUT2D eigenvalue weighted by atomic mass is 31.2. The summed E-state index contributed by atoms with van der Waals surface area (Å²) in [6.45, 7) is 13.6. The summed E-state index contributed by atoms with van der Waals surface area (Å²) < 4.78 is 29.2. The molecular weight excluding hydrogens is 341 g/mol. The van der Waals surface area contributed by atoms with E-state index in [4.69, 9.17) is 13.8 Å². The summed E-state index contributed by atoms with van der Waals surface area (Å²) >= 11 is 0. The topological polar surface area (TPSA) is 73.9 Å². The summed E-state index contributed by atoms with van der Waals surface area (Å²) in [5.41, 5.74) is -1.08. The molecule has 0 aliphatic heterocycles. The van der Waals surface area contributed by atoms with Crippen LogP contribution in [0.4, 0.5) is 4.79 Å². The highest BCUT2D eigenvalue weighted by Crippen LogP contribution is 2.58. The van der Waals surface area contributed by atoms with E-state index < -0.39 is 24.8 Å². The van der Waals surface area contributed by atoms with Crippen molar-refractivity contribution in [3.8, 4) is 0 Å². The highest BCUT2D eigenvalue weighted by Gasteiger charge is 2.40. The molecule has 0 aromatic carbocycles. The quantitative estimate of drug-likeness (QED) is 0.576. The first-order valence-electron chi connectivity index (χ1n) is 9.14. The number of carbonyl (C=O) groups is 1. The SMILES string of the molecule is C=C(CC1(NC(=O)OC(C)(C)C)CCCCC1)P(=O)(OCC)OCC. The van der Waals surface area contributed by atoms with E-state index in [9.17, 15) is 9.36 Å². The van der Waals surface area contributed by atoms with Crippen molar-refractivity contribution in [2.75, 3.05) is 13.2 Å². The van der Waals surface area contributed by atoms with Crippen molar-refractivity contribution in [3.05, 3.63) is 11.9 Å². The van der Waals surface area contributed by atoms with Gasteiger partial charge >= 0.3 is 13.7 Å². The Balaban J connectivity index is 2.92. The van der Waals surface area contributed by atoms with Crippen LogP contribution in [0.15, 0.2) is 11.9 Å². The molecular formula is C18H34NO5P. The van der Waals surface area contributed by atoms with Crippen LogP contribution in [0.3, 0.4) is 0 Å². The lowest BCUT2D eigenvalue weighted by Crippen LogP contribution is -2.51. The summed E-state index contributed by atoms with van der Waals surface area (Å²) in [4.78, 5) is 12.3. The second-order valence-corrected chi connectivity index (χ2v) is 9.69. The highest BCUT2D eigenvalue weighted by molar-refractivity contribution is 7.58. The smallest absolute Gasteiger partial charge is 0.408 e. The minimum atomic E-state index is -3.39. The maximum Gasteiger partial charge on any atom is 0.408 e. The van der Waals surface area contributed by atoms with Gasteiger partial charge in [-0.05, 0) is 47.5 Å². The molecule has 0 spiro atoms. The number of amides is 1. The Morgan fingerprint density at radius 3 is 2.08 bits per heavy atom. The van der Waals surface area contributed by atoms with Gasteiger partial charge in [-0.15, -0.1) is 0 Å². The second-order valence-electron chi connectivity index (χ2n) is 7.54. The van der Waals surface area contributed by atoms with Gasteiger partial charge in [0.2, 0.25) is 0 Å². The van der Waals surface area contributed by atoms with Crippen molar-refractivity contribution < 1.29 is 23.1 Å². The van der Waals surface area contributed by atoms with E-state index in [-0.39, 0.29) is 13.2 Å². The van der Waals surface area contributed by atoms with Crippen LogP contribution >= 0.6 is 7.60 Å². The molecule has 7 heteroatoms. The normalized spacial score (nSPS) is 17.8. The minimum Gasteiger partial charge on any atom is -0.444 e. The van der Waals surface area contributed by atoms with E-state index in [1.54, 1.807) is 13.8 Å². The van der Waals surface area contributed by atoms with Gasteiger partial charge in [-0.2, -0.15) is 0 Å². The summed E-state index contributed by atoms with van der Waals surface area (Å²) in [6, 6.07) is 0. The lowest BCUT2D eigenvalue weighted by atomic mass is 9.79. The van der Waals surface area contributed by atoms with Crippen LogP contribution in [-0.4, -0.2) is 30.4 Å². The van der Waals surface area contributed by atoms with E-state index in [1.807, 2.05) is 20.8 Å². The fourth-order valence-corrected chi connectivity index (χ4v) is 4.76. The van der Waals surface area contributed by atoms with Crippen molar-refractivity contribution in [1.82, 2.24) is 5.32 Å². The van der Waals surface area contributed by atoms with Crippen molar-refractivity contribution >= 4 is 13.7 Å². The summed E-state index contributed by atoms with van der Waals surface area (Å²) in [7, 11) is -3.39. The van der Waals surface area contributed by atoms with Crippen molar-refractivity contribution in [1.29, 1.82) is 0 Å². The van der Waals surface area contributed by atoms with Crippen LogP contribution in [0.1, 0.15) is 73.1 Å². The van der Waals surface area contributed by atoms with Crippen LogP contribution in [0.25, 0.3) is 0 Å². The van der Waals surface area contributed by atoms with Crippen LogP contribution in [0.2, 0.25) is 0 Å². The maximum absolute atomic E-state index is 13.0. The summed E-state index contributed by atoms with van der Waals surface area (Å²) in [5.74, 6) is 0. The monoisotopic (exact) mass is 375 g/mol. The molecule has 146 valence electrons. The molecule has 0 bridgehead atoms. The van der Waals surface area contributed by atoms with Crippen molar-refractivity contribution in [3.63, 3.8) is 0 Å². The largest absolute Gasteiger partial charge is 0.444 e. The fraction of sp³-hybridized carbons (Fsp3) is 0.833. The van der Waals surface area contributed by atoms with Gasteiger partial charge in [-0.25, -0.2) is 4.79 Å². The number of carbonyl (C=O) groups excluding carboxylic acids is 1. The number of hydrogen-bond donors (Lipinski definition) is 1. The van der Waals surface area contributed by atoms with E-state index in [0.717, 1.165) is 32.1 Å². The number of hydrogen-bond acceptors (Lipinski definition) is 5. The first-order chi connectivity index (χ1) is 11.6. The number of ether oxygens (including phenoxy) is 1. The Hall–Kier alpha value is -0.840. The molecule has 1 fully saturated rings. The minimum absolute atomic E-state index is 0.281. The number of rotatable bonds is 8. The zero-order valence-corrected chi connectivity index (χ0v) is 17.2. The molecule has 0 heterocycles. The average Bonchev–Trinajstić information content (AvgIpc) is 2.46. The third-order valence-corrected chi connectivity index (χ3v) is 6.23. The molecule has 6 nitrogen and oxygen atoms in total. The molecule has 0 atom stereocenters. The van der Waals surface area contributed by atoms with E-state index in [2.05, 4.69) is 11.9 Å². The van der Waals surface area contributed by atoms with Crippen LogP contribution in [-0.2, 0) is 18.3 Å². The van der Waals surface area contributed by atoms with Gasteiger partial charge in [0.1, 0.15) is 5.60 Å². The number of alkyl carbamates (subject to hydrolysis) is 1. The molecule has 1 aliphatic carbocycles. The molecule has 1 N–H and O–H groups in total. The number of nitrogens with one attached hydrogen (secondary N) is 1. The third kappa shape index (κ3) is 7.12. The average molecular weight is 375 g/mol. The van der Waals surface area contributed by atoms with Gasteiger partial charge in [0.25, 0.3) is 0 Å².